The van der Waals surface area contributed by atoms with Crippen LogP contribution in [0.25, 0.3) is 145 Å². The van der Waals surface area contributed by atoms with Crippen molar-refractivity contribution in [1.29, 1.82) is 0 Å². The van der Waals surface area contributed by atoms with Gasteiger partial charge in [0.25, 0.3) is 0 Å². The molecule has 0 bridgehead atoms. The Hall–Kier alpha value is -10.2. The summed E-state index contributed by atoms with van der Waals surface area (Å²) in [5.41, 5.74) is 17.1. The first-order chi connectivity index (χ1) is 39.9. The minimum absolute atomic E-state index is 0.0233. The highest BCUT2D eigenvalue weighted by Gasteiger charge is 2.20. The SMILES string of the molecule is [2H]C([2H])([2H])c1ccc2c(n1)oc1c(-c3ccc(-c4ccccc4-c4cc(-c5ccccc5-c5ccc(-c6cccc7c6oc6nc(C([2H])([2H])[2H])ccc67)nc5)cc(-c5ccccc5-c5cnc(-c6ccccc6)nc5)c4)cn3)cccc12. The van der Waals surface area contributed by atoms with Crippen LogP contribution in [0.1, 0.15) is 19.6 Å². The maximum atomic E-state index is 7.90. The van der Waals surface area contributed by atoms with Gasteiger partial charge < -0.3 is 8.83 Å². The summed E-state index contributed by atoms with van der Waals surface area (Å²) < 4.78 is 60.0. The number of nitrogens with zero attached hydrogens (tertiary/aromatic N) is 6. The van der Waals surface area contributed by atoms with E-state index in [-0.39, 0.29) is 22.8 Å². The fraction of sp³-hybridized carbons (Fsp3) is 0.0294. The van der Waals surface area contributed by atoms with Crippen molar-refractivity contribution in [3.05, 3.63) is 242 Å². The van der Waals surface area contributed by atoms with E-state index in [0.29, 0.717) is 28.4 Å². The van der Waals surface area contributed by atoms with Gasteiger partial charge in [-0.15, -0.1) is 0 Å². The van der Waals surface area contributed by atoms with Crippen LogP contribution in [0.5, 0.6) is 0 Å². The van der Waals surface area contributed by atoms with Gasteiger partial charge in [0.15, 0.2) is 5.82 Å². The molecule has 0 unspecified atom stereocenters. The van der Waals surface area contributed by atoms with E-state index in [9.17, 15) is 0 Å². The van der Waals surface area contributed by atoms with E-state index in [4.69, 9.17) is 37.0 Å². The molecule has 8 nitrogen and oxygen atoms in total. The number of hydrogen-bond donors (Lipinski definition) is 0. The van der Waals surface area contributed by atoms with Gasteiger partial charge in [-0.2, -0.15) is 0 Å². The molecular formula is C68H44N6O2. The lowest BCUT2D eigenvalue weighted by atomic mass is 9.86. The molecule has 0 aliphatic rings. The Balaban J connectivity index is 0.872. The van der Waals surface area contributed by atoms with Gasteiger partial charge in [0.2, 0.25) is 11.4 Å². The fourth-order valence-corrected chi connectivity index (χ4v) is 10.4. The first kappa shape index (κ1) is 38.4. The number of fused-ring (bicyclic) bond motifs is 6. The normalized spacial score (nSPS) is 13.1. The third-order valence-electron chi connectivity index (χ3n) is 14.1. The zero-order valence-electron chi connectivity index (χ0n) is 46.4. The first-order valence-corrected chi connectivity index (χ1v) is 24.8. The third kappa shape index (κ3) is 7.88. The number of rotatable bonds is 9. The monoisotopic (exact) mass is 982 g/mol. The van der Waals surface area contributed by atoms with Gasteiger partial charge in [-0.05, 0) is 131 Å². The second kappa shape index (κ2) is 18.4. The summed E-state index contributed by atoms with van der Waals surface area (Å²) in [5.74, 6) is 0.648. The van der Waals surface area contributed by atoms with Gasteiger partial charge in [-0.3, -0.25) is 9.97 Å². The quantitative estimate of drug-likeness (QED) is 0.141. The molecular weight excluding hydrogens is 933 g/mol. The molecule has 0 spiro atoms. The maximum absolute atomic E-state index is 7.90. The average molecular weight is 983 g/mol. The highest BCUT2D eigenvalue weighted by molar-refractivity contribution is 6.09. The average Bonchev–Trinajstić information content (AvgIpc) is 3.73. The van der Waals surface area contributed by atoms with Crippen molar-refractivity contribution in [1.82, 2.24) is 29.9 Å². The molecule has 358 valence electrons. The van der Waals surface area contributed by atoms with Gasteiger partial charge in [-0.25, -0.2) is 19.9 Å². The van der Waals surface area contributed by atoms with Crippen molar-refractivity contribution in [2.75, 3.05) is 0 Å². The van der Waals surface area contributed by atoms with Crippen LogP contribution < -0.4 is 0 Å². The maximum Gasteiger partial charge on any atom is 0.227 e. The van der Waals surface area contributed by atoms with E-state index in [1.54, 1.807) is 12.1 Å². The second-order valence-electron chi connectivity index (χ2n) is 18.6. The number of benzene rings is 7. The molecule has 0 N–H and O–H groups in total. The molecule has 14 rings (SSSR count). The van der Waals surface area contributed by atoms with Crippen LogP contribution in [0.3, 0.4) is 0 Å². The van der Waals surface area contributed by atoms with Gasteiger partial charge in [-0.1, -0.05) is 140 Å². The van der Waals surface area contributed by atoms with Gasteiger partial charge in [0.05, 0.1) is 11.4 Å². The number of aromatic nitrogens is 6. The first-order valence-electron chi connectivity index (χ1n) is 27.8. The van der Waals surface area contributed by atoms with Crippen LogP contribution >= 0.6 is 0 Å². The number of pyridine rings is 4. The summed E-state index contributed by atoms with van der Waals surface area (Å²) >= 11 is 0. The van der Waals surface area contributed by atoms with Crippen LogP contribution in [-0.4, -0.2) is 29.9 Å². The highest BCUT2D eigenvalue weighted by Crippen LogP contribution is 2.43. The van der Waals surface area contributed by atoms with Crippen LogP contribution in [0, 0.1) is 13.7 Å². The van der Waals surface area contributed by atoms with Gasteiger partial charge in [0.1, 0.15) is 11.2 Å². The molecule has 0 saturated heterocycles. The Bertz CT molecular complexity index is 4530. The fourth-order valence-electron chi connectivity index (χ4n) is 10.4. The van der Waals surface area contributed by atoms with Crippen molar-refractivity contribution in [2.24, 2.45) is 0 Å². The van der Waals surface area contributed by atoms with Crippen LogP contribution in [0.15, 0.2) is 240 Å². The zero-order chi connectivity index (χ0) is 55.7. The summed E-state index contributed by atoms with van der Waals surface area (Å²) in [6.07, 6.45) is 7.54. The van der Waals surface area contributed by atoms with Crippen molar-refractivity contribution >= 4 is 44.1 Å². The van der Waals surface area contributed by atoms with E-state index in [1.807, 2.05) is 122 Å². The summed E-state index contributed by atoms with van der Waals surface area (Å²) in [6, 6.07) is 68.1. The Kier molecular flexibility index (Phi) is 9.30. The minimum Gasteiger partial charge on any atom is -0.437 e. The minimum atomic E-state index is -2.37. The number of aryl methyl sites for hydroxylation is 2. The Morgan fingerprint density at radius 2 is 0.697 bits per heavy atom. The predicted molar refractivity (Wildman–Crippen MR) is 306 cm³/mol. The van der Waals surface area contributed by atoms with E-state index in [1.165, 1.54) is 12.1 Å². The van der Waals surface area contributed by atoms with E-state index in [0.717, 1.165) is 105 Å². The lowest BCUT2D eigenvalue weighted by molar-refractivity contribution is 0.653. The molecule has 0 radical (unpaired) electrons. The summed E-state index contributed by atoms with van der Waals surface area (Å²) in [7, 11) is 0. The molecule has 8 heteroatoms. The van der Waals surface area contributed by atoms with E-state index < -0.39 is 13.7 Å². The van der Waals surface area contributed by atoms with E-state index in [2.05, 4.69) is 94.9 Å². The number of furan rings is 2. The molecule has 0 aliphatic carbocycles. The summed E-state index contributed by atoms with van der Waals surface area (Å²) in [5, 5.41) is 3.10. The zero-order valence-corrected chi connectivity index (χ0v) is 40.4. The molecule has 7 heterocycles. The molecule has 7 aromatic heterocycles. The van der Waals surface area contributed by atoms with Crippen LogP contribution in [-0.2, 0) is 0 Å². The topological polar surface area (TPSA) is 104 Å². The highest BCUT2D eigenvalue weighted by atomic mass is 16.3. The number of hydrogen-bond acceptors (Lipinski definition) is 8. The predicted octanol–water partition coefficient (Wildman–Crippen LogP) is 17.5. The molecule has 0 saturated carbocycles. The molecule has 0 aliphatic heterocycles. The molecule has 76 heavy (non-hydrogen) atoms. The Morgan fingerprint density at radius 3 is 1.12 bits per heavy atom. The van der Waals surface area contributed by atoms with Crippen molar-refractivity contribution in [3.63, 3.8) is 0 Å². The van der Waals surface area contributed by atoms with Crippen LogP contribution in [0.4, 0.5) is 0 Å². The second-order valence-corrected chi connectivity index (χ2v) is 18.6. The summed E-state index contributed by atoms with van der Waals surface area (Å²) in [4.78, 5) is 28.5. The van der Waals surface area contributed by atoms with Crippen molar-refractivity contribution in [2.45, 2.75) is 13.7 Å². The van der Waals surface area contributed by atoms with Crippen molar-refractivity contribution < 1.29 is 17.1 Å². The largest absolute Gasteiger partial charge is 0.437 e. The Labute approximate surface area is 446 Å². The molecule has 0 atom stereocenters. The lowest BCUT2D eigenvalue weighted by Gasteiger charge is -2.18. The molecule has 0 amide bonds. The van der Waals surface area contributed by atoms with Gasteiger partial charge in [0, 0.05) is 99.3 Å². The standard InChI is InChI=1S/C68H44N6O2/c1-41-26-30-58-56-22-12-24-60(64(56)75-67(58)73-41)62-32-28-44(37-69-62)50-16-6-8-18-52(50)46-34-47(36-48(35-46)54-20-10-11-21-55(54)49-39-71-66(72-40-49)43-14-4-3-5-15-43)53-19-9-7-17-51(53)45-29-33-63(70-38-45)61-25-13-23-57-59-31-27-42(2)74-68(59)76-65(57)61/h3-40H,1-2H3/i1D3,2D3. The van der Waals surface area contributed by atoms with Crippen LogP contribution in [0.2, 0.25) is 0 Å². The molecule has 14 aromatic rings. The van der Waals surface area contributed by atoms with Crippen molar-refractivity contribution in [3.8, 4) is 101 Å². The number of para-hydroxylation sites is 2. The molecule has 0 fully saturated rings. The smallest absolute Gasteiger partial charge is 0.227 e. The molecule has 7 aromatic carbocycles. The third-order valence-corrected chi connectivity index (χ3v) is 14.1. The lowest BCUT2D eigenvalue weighted by Crippen LogP contribution is -1.94. The van der Waals surface area contributed by atoms with E-state index >= 15 is 0 Å². The van der Waals surface area contributed by atoms with Gasteiger partial charge >= 0.3 is 0 Å². The summed E-state index contributed by atoms with van der Waals surface area (Å²) in [6.45, 7) is -4.74. The Morgan fingerprint density at radius 1 is 0.303 bits per heavy atom.